The Balaban J connectivity index is 2.60. The highest BCUT2D eigenvalue weighted by atomic mass is 79.9. The Morgan fingerprint density at radius 2 is 2.21 bits per heavy atom. The number of phenols is 1. The fourth-order valence-corrected chi connectivity index (χ4v) is 1.87. The van der Waals surface area contributed by atoms with Gasteiger partial charge in [-0.05, 0) is 28.1 Å². The summed E-state index contributed by atoms with van der Waals surface area (Å²) in [6.45, 7) is 0. The first-order chi connectivity index (χ1) is 6.68. The van der Waals surface area contributed by atoms with Gasteiger partial charge in [-0.3, -0.25) is 0 Å². The average molecular weight is 275 g/mol. The highest BCUT2D eigenvalue weighted by molar-refractivity contribution is 9.10. The number of aromatic hydroxyl groups is 1. The van der Waals surface area contributed by atoms with Gasteiger partial charge in [0.25, 0.3) is 0 Å². The van der Waals surface area contributed by atoms with E-state index in [4.69, 9.17) is 16.0 Å². The van der Waals surface area contributed by atoms with Crippen LogP contribution < -0.4 is 0 Å². The third-order valence-corrected chi connectivity index (χ3v) is 2.66. The Kier molecular flexibility index (Phi) is 2.48. The summed E-state index contributed by atoms with van der Waals surface area (Å²) in [5.41, 5.74) is 0.664. The number of hydrogen-bond acceptors (Lipinski definition) is 3. The zero-order chi connectivity index (χ0) is 10.1. The van der Waals surface area contributed by atoms with Crippen molar-refractivity contribution in [2.75, 3.05) is 0 Å². The average Bonchev–Trinajstić information content (AvgIpc) is 2.64. The zero-order valence-corrected chi connectivity index (χ0v) is 9.21. The van der Waals surface area contributed by atoms with E-state index in [1.165, 1.54) is 18.5 Å². The van der Waals surface area contributed by atoms with Crippen molar-refractivity contribution >= 4 is 27.5 Å². The third kappa shape index (κ3) is 1.63. The minimum atomic E-state index is 0.00284. The van der Waals surface area contributed by atoms with Gasteiger partial charge in [-0.2, -0.15) is 0 Å². The van der Waals surface area contributed by atoms with Crippen LogP contribution in [0.2, 0.25) is 5.02 Å². The second-order valence-electron chi connectivity index (χ2n) is 2.62. The molecule has 2 rings (SSSR count). The molecule has 14 heavy (non-hydrogen) atoms. The summed E-state index contributed by atoms with van der Waals surface area (Å²) < 4.78 is 5.82. The van der Waals surface area contributed by atoms with Crippen LogP contribution >= 0.6 is 27.5 Å². The van der Waals surface area contributed by atoms with E-state index in [0.717, 1.165) is 4.47 Å². The first-order valence-electron chi connectivity index (χ1n) is 3.76. The third-order valence-electron chi connectivity index (χ3n) is 1.70. The maximum Gasteiger partial charge on any atom is 0.227 e. The van der Waals surface area contributed by atoms with Crippen LogP contribution in [0.15, 0.2) is 33.5 Å². The van der Waals surface area contributed by atoms with E-state index in [-0.39, 0.29) is 10.8 Å². The molecule has 0 unspecified atom stereocenters. The lowest BCUT2D eigenvalue weighted by molar-refractivity contribution is 0.475. The Morgan fingerprint density at radius 1 is 1.43 bits per heavy atom. The van der Waals surface area contributed by atoms with E-state index in [2.05, 4.69) is 20.9 Å². The maximum atomic E-state index is 9.40. The minimum Gasteiger partial charge on any atom is -0.506 e. The van der Waals surface area contributed by atoms with Crippen LogP contribution in [0.1, 0.15) is 0 Å². The molecule has 0 bridgehead atoms. The summed E-state index contributed by atoms with van der Waals surface area (Å²) in [4.78, 5) is 3.97. The molecule has 0 saturated carbocycles. The highest BCUT2D eigenvalue weighted by Gasteiger charge is 2.10. The van der Waals surface area contributed by atoms with Crippen molar-refractivity contribution in [2.45, 2.75) is 0 Å². The van der Waals surface area contributed by atoms with Crippen LogP contribution in [0, 0.1) is 0 Å². The zero-order valence-electron chi connectivity index (χ0n) is 6.87. The molecule has 0 fully saturated rings. The maximum absolute atomic E-state index is 9.40. The van der Waals surface area contributed by atoms with Crippen LogP contribution in [0.25, 0.3) is 11.5 Å². The predicted octanol–water partition coefficient (Wildman–Crippen LogP) is 3.46. The molecule has 1 N–H and O–H groups in total. The van der Waals surface area contributed by atoms with Gasteiger partial charge in [0.05, 0.1) is 16.8 Å². The Bertz CT molecular complexity index is 456. The van der Waals surface area contributed by atoms with Crippen LogP contribution in [0.4, 0.5) is 0 Å². The molecule has 0 atom stereocenters. The lowest BCUT2D eigenvalue weighted by atomic mass is 10.2. The SMILES string of the molecule is Oc1cc(-c2ncco2)c(Br)cc1Cl. The van der Waals surface area contributed by atoms with Gasteiger partial charge in [0.1, 0.15) is 12.0 Å². The van der Waals surface area contributed by atoms with Gasteiger partial charge in [0, 0.05) is 4.47 Å². The molecule has 0 aliphatic rings. The monoisotopic (exact) mass is 273 g/mol. The molecule has 0 aliphatic carbocycles. The van der Waals surface area contributed by atoms with E-state index in [9.17, 15) is 5.11 Å². The largest absolute Gasteiger partial charge is 0.506 e. The van der Waals surface area contributed by atoms with Crippen LogP contribution in [0.5, 0.6) is 5.75 Å². The molecule has 3 nitrogen and oxygen atoms in total. The van der Waals surface area contributed by atoms with Gasteiger partial charge < -0.3 is 9.52 Å². The van der Waals surface area contributed by atoms with Crippen molar-refractivity contribution in [3.63, 3.8) is 0 Å². The van der Waals surface area contributed by atoms with Crippen molar-refractivity contribution < 1.29 is 9.52 Å². The van der Waals surface area contributed by atoms with E-state index in [0.29, 0.717) is 11.5 Å². The number of aromatic nitrogens is 1. The molecule has 72 valence electrons. The minimum absolute atomic E-state index is 0.00284. The number of hydrogen-bond donors (Lipinski definition) is 1. The molecule has 0 radical (unpaired) electrons. The van der Waals surface area contributed by atoms with Crippen molar-refractivity contribution in [2.24, 2.45) is 0 Å². The number of oxazole rings is 1. The van der Waals surface area contributed by atoms with E-state index in [1.54, 1.807) is 6.07 Å². The van der Waals surface area contributed by atoms with Crippen LogP contribution in [-0.2, 0) is 0 Å². The smallest absolute Gasteiger partial charge is 0.227 e. The number of rotatable bonds is 1. The quantitative estimate of drug-likeness (QED) is 0.866. The summed E-state index contributed by atoms with van der Waals surface area (Å²) in [5, 5.41) is 9.69. The van der Waals surface area contributed by atoms with E-state index < -0.39 is 0 Å². The molecule has 0 spiro atoms. The van der Waals surface area contributed by atoms with Crippen LogP contribution in [-0.4, -0.2) is 10.1 Å². The molecule has 1 heterocycles. The van der Waals surface area contributed by atoms with E-state index in [1.807, 2.05) is 0 Å². The lowest BCUT2D eigenvalue weighted by Crippen LogP contribution is -1.80. The molecule has 1 aromatic carbocycles. The normalized spacial score (nSPS) is 10.4. The van der Waals surface area contributed by atoms with Gasteiger partial charge in [0.15, 0.2) is 0 Å². The summed E-state index contributed by atoms with van der Waals surface area (Å²) in [6.07, 6.45) is 3.00. The fourth-order valence-electron chi connectivity index (χ4n) is 1.06. The first kappa shape index (κ1) is 9.55. The number of halogens is 2. The highest BCUT2D eigenvalue weighted by Crippen LogP contribution is 2.35. The Hall–Kier alpha value is -1.00. The van der Waals surface area contributed by atoms with Crippen molar-refractivity contribution in [1.82, 2.24) is 4.98 Å². The van der Waals surface area contributed by atoms with Gasteiger partial charge in [-0.25, -0.2) is 4.98 Å². The standard InChI is InChI=1S/C9H5BrClNO2/c10-6-4-7(11)8(13)3-5(6)9-12-1-2-14-9/h1-4,13H. The number of nitrogens with zero attached hydrogens (tertiary/aromatic N) is 1. The number of benzene rings is 1. The van der Waals surface area contributed by atoms with Gasteiger partial charge in [-0.15, -0.1) is 0 Å². The Labute approximate surface area is 93.5 Å². The Morgan fingerprint density at radius 3 is 2.86 bits per heavy atom. The predicted molar refractivity (Wildman–Crippen MR) is 56.3 cm³/mol. The lowest BCUT2D eigenvalue weighted by Gasteiger charge is -2.02. The van der Waals surface area contributed by atoms with Gasteiger partial charge in [0.2, 0.25) is 5.89 Å². The summed E-state index contributed by atoms with van der Waals surface area (Å²) in [7, 11) is 0. The topological polar surface area (TPSA) is 46.3 Å². The summed E-state index contributed by atoms with van der Waals surface area (Å²) >= 11 is 9.02. The summed E-state index contributed by atoms with van der Waals surface area (Å²) in [5.74, 6) is 0.437. The summed E-state index contributed by atoms with van der Waals surface area (Å²) in [6, 6.07) is 3.09. The van der Waals surface area contributed by atoms with Crippen molar-refractivity contribution in [3.8, 4) is 17.2 Å². The molecule has 0 saturated heterocycles. The first-order valence-corrected chi connectivity index (χ1v) is 4.93. The second kappa shape index (κ2) is 3.63. The second-order valence-corrected chi connectivity index (χ2v) is 3.88. The van der Waals surface area contributed by atoms with Gasteiger partial charge in [-0.1, -0.05) is 11.6 Å². The van der Waals surface area contributed by atoms with Gasteiger partial charge >= 0.3 is 0 Å². The van der Waals surface area contributed by atoms with E-state index >= 15 is 0 Å². The molecule has 0 amide bonds. The van der Waals surface area contributed by atoms with Crippen molar-refractivity contribution in [1.29, 1.82) is 0 Å². The molecule has 2 aromatic rings. The molecule has 1 aromatic heterocycles. The molecule has 5 heteroatoms. The van der Waals surface area contributed by atoms with Crippen LogP contribution in [0.3, 0.4) is 0 Å². The molecular weight excluding hydrogens is 269 g/mol. The molecule has 0 aliphatic heterocycles. The van der Waals surface area contributed by atoms with Crippen molar-refractivity contribution in [3.05, 3.63) is 34.1 Å². The fraction of sp³-hybridized carbons (Fsp3) is 0. The molecular formula is C9H5BrClNO2. The number of phenolic OH excluding ortho intramolecular Hbond substituents is 1.